The predicted octanol–water partition coefficient (Wildman–Crippen LogP) is 3.65. The molecule has 1 nitrogen and oxygen atoms in total. The van der Waals surface area contributed by atoms with Gasteiger partial charge in [0.2, 0.25) is 0 Å². The molecule has 0 aromatic carbocycles. The lowest BCUT2D eigenvalue weighted by Gasteiger charge is -2.11. The van der Waals surface area contributed by atoms with Gasteiger partial charge in [-0.1, -0.05) is 51.4 Å². The molecule has 0 radical (unpaired) electrons. The van der Waals surface area contributed by atoms with Crippen molar-refractivity contribution in [3.05, 3.63) is 0 Å². The second-order valence-corrected chi connectivity index (χ2v) is 5.37. The molecule has 1 heteroatoms. The third-order valence-corrected chi connectivity index (χ3v) is 4.11. The van der Waals surface area contributed by atoms with Crippen LogP contribution in [0.5, 0.6) is 0 Å². The molecule has 0 aromatic heterocycles. The van der Waals surface area contributed by atoms with Crippen molar-refractivity contribution in [1.82, 2.24) is 0 Å². The van der Waals surface area contributed by atoms with E-state index in [1.807, 2.05) is 0 Å². The zero-order chi connectivity index (χ0) is 9.86. The van der Waals surface area contributed by atoms with Crippen LogP contribution in [0.25, 0.3) is 0 Å². The fourth-order valence-corrected chi connectivity index (χ4v) is 2.93. The smallest absolute Gasteiger partial charge is 0.0680 e. The average molecular weight is 196 g/mol. The van der Waals surface area contributed by atoms with Crippen molar-refractivity contribution in [3.8, 4) is 0 Å². The Bertz CT molecular complexity index is 178. The Kier molecular flexibility index (Phi) is 3.48. The molecule has 2 saturated carbocycles. The van der Waals surface area contributed by atoms with Crippen LogP contribution < -0.4 is 0 Å². The molecule has 0 bridgehead atoms. The molecular weight excluding hydrogens is 172 g/mol. The van der Waals surface area contributed by atoms with E-state index in [0.717, 1.165) is 12.8 Å². The molecule has 2 aliphatic carbocycles. The van der Waals surface area contributed by atoms with Crippen LogP contribution in [-0.4, -0.2) is 10.7 Å². The molecule has 82 valence electrons. The van der Waals surface area contributed by atoms with Gasteiger partial charge in [0.15, 0.2) is 0 Å². The minimum Gasteiger partial charge on any atom is -0.390 e. The Morgan fingerprint density at radius 1 is 0.786 bits per heavy atom. The third-order valence-electron chi connectivity index (χ3n) is 4.11. The van der Waals surface area contributed by atoms with E-state index in [2.05, 4.69) is 0 Å². The van der Waals surface area contributed by atoms with Crippen LogP contribution in [0, 0.1) is 5.92 Å². The van der Waals surface area contributed by atoms with Gasteiger partial charge in [-0.15, -0.1) is 0 Å². The molecule has 2 atom stereocenters. The largest absolute Gasteiger partial charge is 0.390 e. The average Bonchev–Trinajstić information content (AvgIpc) is 2.78. The number of aliphatic hydroxyl groups is 1. The predicted molar refractivity (Wildman–Crippen MR) is 59.2 cm³/mol. The monoisotopic (exact) mass is 196 g/mol. The summed E-state index contributed by atoms with van der Waals surface area (Å²) >= 11 is 0. The number of hydrogen-bond acceptors (Lipinski definition) is 1. The summed E-state index contributed by atoms with van der Waals surface area (Å²) in [5.41, 5.74) is -0.209. The van der Waals surface area contributed by atoms with Gasteiger partial charge in [0.1, 0.15) is 0 Å². The Balaban J connectivity index is 1.75. The van der Waals surface area contributed by atoms with E-state index in [9.17, 15) is 5.11 Å². The topological polar surface area (TPSA) is 20.2 Å². The molecule has 0 amide bonds. The maximum absolute atomic E-state index is 10.1. The number of hydrogen-bond donors (Lipinski definition) is 1. The molecule has 0 unspecified atom stereocenters. The maximum Gasteiger partial charge on any atom is 0.0680 e. The van der Waals surface area contributed by atoms with Gasteiger partial charge >= 0.3 is 0 Å². The first-order valence-electron chi connectivity index (χ1n) is 6.54. The van der Waals surface area contributed by atoms with Crippen LogP contribution in [0.2, 0.25) is 0 Å². The van der Waals surface area contributed by atoms with Crippen LogP contribution in [0.4, 0.5) is 0 Å². The van der Waals surface area contributed by atoms with Crippen LogP contribution in [0.3, 0.4) is 0 Å². The first-order chi connectivity index (χ1) is 6.81. The van der Waals surface area contributed by atoms with Crippen molar-refractivity contribution in [2.75, 3.05) is 0 Å². The first kappa shape index (κ1) is 10.5. The van der Waals surface area contributed by atoms with E-state index in [0.29, 0.717) is 5.92 Å². The van der Waals surface area contributed by atoms with Crippen LogP contribution >= 0.6 is 0 Å². The quantitative estimate of drug-likeness (QED) is 0.627. The lowest BCUT2D eigenvalue weighted by Crippen LogP contribution is -2.11. The summed E-state index contributed by atoms with van der Waals surface area (Å²) in [4.78, 5) is 0. The van der Waals surface area contributed by atoms with Crippen LogP contribution in [0.15, 0.2) is 0 Å². The minimum atomic E-state index is -0.209. The highest BCUT2D eigenvalue weighted by Gasteiger charge is 2.50. The minimum absolute atomic E-state index is 0.209. The van der Waals surface area contributed by atoms with Gasteiger partial charge in [0.25, 0.3) is 0 Å². The molecule has 0 aromatic rings. The van der Waals surface area contributed by atoms with Crippen molar-refractivity contribution in [2.45, 2.75) is 76.2 Å². The fourth-order valence-electron chi connectivity index (χ4n) is 2.93. The highest BCUT2D eigenvalue weighted by Crippen LogP contribution is 2.50. The summed E-state index contributed by atoms with van der Waals surface area (Å²) in [5, 5.41) is 10.1. The van der Waals surface area contributed by atoms with Gasteiger partial charge in [-0.25, -0.2) is 0 Å². The van der Waals surface area contributed by atoms with E-state index < -0.39 is 0 Å². The zero-order valence-electron chi connectivity index (χ0n) is 9.30. The Labute approximate surface area is 87.9 Å². The van der Waals surface area contributed by atoms with E-state index in [1.54, 1.807) is 0 Å². The summed E-state index contributed by atoms with van der Waals surface area (Å²) in [6, 6.07) is 0. The van der Waals surface area contributed by atoms with Gasteiger partial charge in [-0.2, -0.15) is 0 Å². The van der Waals surface area contributed by atoms with Crippen molar-refractivity contribution in [3.63, 3.8) is 0 Å². The van der Waals surface area contributed by atoms with Crippen LogP contribution in [0.1, 0.15) is 70.6 Å². The molecule has 2 aliphatic rings. The molecule has 0 heterocycles. The summed E-state index contributed by atoms with van der Waals surface area (Å²) in [7, 11) is 0. The van der Waals surface area contributed by atoms with Gasteiger partial charge in [-0.05, 0) is 25.2 Å². The van der Waals surface area contributed by atoms with Gasteiger partial charge in [0.05, 0.1) is 5.60 Å². The zero-order valence-corrected chi connectivity index (χ0v) is 9.30. The van der Waals surface area contributed by atoms with E-state index in [-0.39, 0.29) is 5.60 Å². The second-order valence-electron chi connectivity index (χ2n) is 5.37. The lowest BCUT2D eigenvalue weighted by molar-refractivity contribution is 0.115. The third kappa shape index (κ3) is 2.73. The van der Waals surface area contributed by atoms with E-state index in [1.165, 1.54) is 57.8 Å². The van der Waals surface area contributed by atoms with Gasteiger partial charge < -0.3 is 5.11 Å². The lowest BCUT2D eigenvalue weighted by atomic mass is 9.99. The molecular formula is C13H24O. The summed E-state index contributed by atoms with van der Waals surface area (Å²) < 4.78 is 0. The van der Waals surface area contributed by atoms with E-state index in [4.69, 9.17) is 0 Å². The Morgan fingerprint density at radius 2 is 1.36 bits per heavy atom. The normalized spacial score (nSPS) is 40.5. The Morgan fingerprint density at radius 3 is 2.07 bits per heavy atom. The molecule has 14 heavy (non-hydrogen) atoms. The Hall–Kier alpha value is -0.0400. The van der Waals surface area contributed by atoms with E-state index >= 15 is 0 Å². The second kappa shape index (κ2) is 4.65. The highest BCUT2D eigenvalue weighted by molar-refractivity contribution is 5.02. The van der Waals surface area contributed by atoms with Crippen molar-refractivity contribution in [2.24, 2.45) is 5.92 Å². The molecule has 0 aliphatic heterocycles. The van der Waals surface area contributed by atoms with Gasteiger partial charge in [0, 0.05) is 0 Å². The summed E-state index contributed by atoms with van der Waals surface area (Å²) in [6.45, 7) is 0. The molecule has 1 N–H and O–H groups in total. The summed E-state index contributed by atoms with van der Waals surface area (Å²) in [6.07, 6.45) is 14.5. The molecule has 2 fully saturated rings. The molecule has 0 spiro atoms. The highest BCUT2D eigenvalue weighted by atomic mass is 16.3. The number of fused-ring (bicyclic) bond motifs is 1. The first-order valence-corrected chi connectivity index (χ1v) is 6.54. The van der Waals surface area contributed by atoms with Crippen molar-refractivity contribution < 1.29 is 5.11 Å². The van der Waals surface area contributed by atoms with Crippen LogP contribution in [-0.2, 0) is 0 Å². The summed E-state index contributed by atoms with van der Waals surface area (Å²) in [5.74, 6) is 0.668. The molecule has 0 saturated heterocycles. The van der Waals surface area contributed by atoms with Gasteiger partial charge in [-0.3, -0.25) is 0 Å². The number of rotatable bonds is 0. The van der Waals surface area contributed by atoms with Crippen molar-refractivity contribution >= 4 is 0 Å². The molecule has 2 rings (SSSR count). The maximum atomic E-state index is 10.1. The fraction of sp³-hybridized carbons (Fsp3) is 1.00. The standard InChI is InChI=1S/C13H24O/c14-13-10-8-6-4-2-1-3-5-7-9-12(13)11-13/h12,14H,1-11H2/t12-,13-/m0/s1. The SMILES string of the molecule is O[C@]12CCCCCCCCCC[C@H]1C2. The van der Waals surface area contributed by atoms with Crippen molar-refractivity contribution in [1.29, 1.82) is 0 Å².